The first-order chi connectivity index (χ1) is 6.40. The third-order valence-electron chi connectivity index (χ3n) is 2.41. The first-order valence-corrected chi connectivity index (χ1v) is 4.69. The van der Waals surface area contributed by atoms with Crippen LogP contribution in [0.2, 0.25) is 0 Å². The SMILES string of the molecule is OCCCc1ccc2c(c1)COC2. The number of aryl methyl sites for hydroxylation is 1. The summed E-state index contributed by atoms with van der Waals surface area (Å²) in [6, 6.07) is 6.45. The van der Waals surface area contributed by atoms with Gasteiger partial charge in [0.15, 0.2) is 0 Å². The van der Waals surface area contributed by atoms with E-state index in [1.54, 1.807) is 0 Å². The van der Waals surface area contributed by atoms with Crippen LogP contribution in [0.25, 0.3) is 0 Å². The fraction of sp³-hybridized carbons (Fsp3) is 0.455. The third kappa shape index (κ3) is 1.90. The Morgan fingerprint density at radius 3 is 2.92 bits per heavy atom. The molecule has 0 amide bonds. The van der Waals surface area contributed by atoms with Crippen molar-refractivity contribution in [3.63, 3.8) is 0 Å². The second-order valence-corrected chi connectivity index (χ2v) is 3.42. The van der Waals surface area contributed by atoms with Gasteiger partial charge >= 0.3 is 0 Å². The number of hydrogen-bond donors (Lipinski definition) is 1. The molecule has 0 aliphatic carbocycles. The minimum Gasteiger partial charge on any atom is -0.396 e. The second-order valence-electron chi connectivity index (χ2n) is 3.42. The molecule has 0 unspecified atom stereocenters. The van der Waals surface area contributed by atoms with Crippen LogP contribution in [-0.2, 0) is 24.4 Å². The average molecular weight is 178 g/mol. The fourth-order valence-electron chi connectivity index (χ4n) is 1.66. The zero-order valence-corrected chi connectivity index (χ0v) is 7.62. The molecule has 0 saturated heterocycles. The average Bonchev–Trinajstić information content (AvgIpc) is 2.61. The minimum absolute atomic E-state index is 0.271. The maximum absolute atomic E-state index is 8.70. The minimum atomic E-state index is 0.271. The van der Waals surface area contributed by atoms with E-state index in [1.807, 2.05) is 0 Å². The molecule has 0 atom stereocenters. The van der Waals surface area contributed by atoms with Gasteiger partial charge in [0, 0.05) is 6.61 Å². The third-order valence-corrected chi connectivity index (χ3v) is 2.41. The maximum atomic E-state index is 8.70. The summed E-state index contributed by atoms with van der Waals surface area (Å²) < 4.78 is 5.32. The van der Waals surface area contributed by atoms with E-state index in [9.17, 15) is 0 Å². The lowest BCUT2D eigenvalue weighted by Crippen LogP contribution is -1.91. The van der Waals surface area contributed by atoms with E-state index < -0.39 is 0 Å². The number of hydrogen-bond acceptors (Lipinski definition) is 2. The van der Waals surface area contributed by atoms with Gasteiger partial charge in [0.25, 0.3) is 0 Å². The van der Waals surface area contributed by atoms with Crippen molar-refractivity contribution in [2.24, 2.45) is 0 Å². The van der Waals surface area contributed by atoms with Gasteiger partial charge in [-0.25, -0.2) is 0 Å². The van der Waals surface area contributed by atoms with E-state index in [1.165, 1.54) is 16.7 Å². The number of aliphatic hydroxyl groups excluding tert-OH is 1. The molecule has 1 aliphatic rings. The summed E-state index contributed by atoms with van der Waals surface area (Å²) in [6.07, 6.45) is 1.81. The highest BCUT2D eigenvalue weighted by Crippen LogP contribution is 2.21. The first kappa shape index (κ1) is 8.73. The predicted octanol–water partition coefficient (Wildman–Crippen LogP) is 1.64. The monoisotopic (exact) mass is 178 g/mol. The molecule has 0 bridgehead atoms. The molecule has 0 aromatic heterocycles. The van der Waals surface area contributed by atoms with E-state index in [4.69, 9.17) is 9.84 Å². The molecule has 70 valence electrons. The van der Waals surface area contributed by atoms with Crippen LogP contribution in [0.1, 0.15) is 23.1 Å². The highest BCUT2D eigenvalue weighted by atomic mass is 16.5. The van der Waals surface area contributed by atoms with Crippen LogP contribution in [0.15, 0.2) is 18.2 Å². The topological polar surface area (TPSA) is 29.5 Å². The summed E-state index contributed by atoms with van der Waals surface area (Å²) >= 11 is 0. The van der Waals surface area contributed by atoms with Crippen LogP contribution in [-0.4, -0.2) is 11.7 Å². The molecule has 0 spiro atoms. The van der Waals surface area contributed by atoms with Crippen LogP contribution in [0.4, 0.5) is 0 Å². The lowest BCUT2D eigenvalue weighted by molar-refractivity contribution is 0.134. The van der Waals surface area contributed by atoms with Gasteiger partial charge in [0.1, 0.15) is 0 Å². The lowest BCUT2D eigenvalue weighted by atomic mass is 10.0. The van der Waals surface area contributed by atoms with Crippen molar-refractivity contribution >= 4 is 0 Å². The molecule has 2 heteroatoms. The Bertz CT molecular complexity index is 294. The number of fused-ring (bicyclic) bond motifs is 1. The van der Waals surface area contributed by atoms with Gasteiger partial charge in [-0.05, 0) is 29.5 Å². The molecule has 1 aromatic rings. The Morgan fingerprint density at radius 1 is 1.23 bits per heavy atom. The number of rotatable bonds is 3. The van der Waals surface area contributed by atoms with Crippen molar-refractivity contribution in [3.05, 3.63) is 34.9 Å². The van der Waals surface area contributed by atoms with Crippen molar-refractivity contribution in [1.29, 1.82) is 0 Å². The molecule has 1 aliphatic heterocycles. The van der Waals surface area contributed by atoms with Crippen molar-refractivity contribution in [2.45, 2.75) is 26.1 Å². The summed E-state index contributed by atoms with van der Waals surface area (Å²) in [5.74, 6) is 0. The largest absolute Gasteiger partial charge is 0.396 e. The smallest absolute Gasteiger partial charge is 0.0725 e. The molecular weight excluding hydrogens is 164 g/mol. The summed E-state index contributed by atoms with van der Waals surface area (Å²) in [6.45, 7) is 1.78. The molecule has 2 nitrogen and oxygen atoms in total. The van der Waals surface area contributed by atoms with Crippen molar-refractivity contribution < 1.29 is 9.84 Å². The van der Waals surface area contributed by atoms with Gasteiger partial charge in [-0.1, -0.05) is 18.2 Å². The Kier molecular flexibility index (Phi) is 2.62. The van der Waals surface area contributed by atoms with Crippen LogP contribution < -0.4 is 0 Å². The van der Waals surface area contributed by atoms with Crippen molar-refractivity contribution in [3.8, 4) is 0 Å². The summed E-state index contributed by atoms with van der Waals surface area (Å²) in [7, 11) is 0. The van der Waals surface area contributed by atoms with E-state index >= 15 is 0 Å². The van der Waals surface area contributed by atoms with Gasteiger partial charge in [0.2, 0.25) is 0 Å². The molecule has 0 fully saturated rings. The Morgan fingerprint density at radius 2 is 2.08 bits per heavy atom. The first-order valence-electron chi connectivity index (χ1n) is 4.69. The van der Waals surface area contributed by atoms with Gasteiger partial charge in [-0.3, -0.25) is 0 Å². The van der Waals surface area contributed by atoms with Crippen LogP contribution in [0.5, 0.6) is 0 Å². The van der Waals surface area contributed by atoms with E-state index in [2.05, 4.69) is 18.2 Å². The van der Waals surface area contributed by atoms with Crippen LogP contribution >= 0.6 is 0 Å². The molecule has 0 radical (unpaired) electrons. The standard InChI is InChI=1S/C11H14O2/c12-5-1-2-9-3-4-10-7-13-8-11(10)6-9/h3-4,6,12H,1-2,5,7-8H2. The van der Waals surface area contributed by atoms with Crippen LogP contribution in [0, 0.1) is 0 Å². The van der Waals surface area contributed by atoms with Crippen LogP contribution in [0.3, 0.4) is 0 Å². The second kappa shape index (κ2) is 3.90. The zero-order valence-electron chi connectivity index (χ0n) is 7.62. The zero-order chi connectivity index (χ0) is 9.10. The molecule has 0 saturated carbocycles. The molecule has 1 N–H and O–H groups in total. The van der Waals surface area contributed by atoms with Gasteiger partial charge < -0.3 is 9.84 Å². The number of benzene rings is 1. The highest BCUT2D eigenvalue weighted by Gasteiger charge is 2.10. The Balaban J connectivity index is 2.12. The van der Waals surface area contributed by atoms with Crippen molar-refractivity contribution in [1.82, 2.24) is 0 Å². The predicted molar refractivity (Wildman–Crippen MR) is 50.3 cm³/mol. The lowest BCUT2D eigenvalue weighted by Gasteiger charge is -2.02. The maximum Gasteiger partial charge on any atom is 0.0725 e. The molecule has 13 heavy (non-hydrogen) atoms. The Hall–Kier alpha value is -0.860. The summed E-state index contributed by atoms with van der Waals surface area (Å²) in [4.78, 5) is 0. The van der Waals surface area contributed by atoms with Gasteiger partial charge in [-0.2, -0.15) is 0 Å². The number of aliphatic hydroxyl groups is 1. The fourth-order valence-corrected chi connectivity index (χ4v) is 1.66. The quantitative estimate of drug-likeness (QED) is 0.762. The highest BCUT2D eigenvalue weighted by molar-refractivity contribution is 5.33. The molecule has 1 heterocycles. The number of ether oxygens (including phenoxy) is 1. The Labute approximate surface area is 78.2 Å². The van der Waals surface area contributed by atoms with Gasteiger partial charge in [0.05, 0.1) is 13.2 Å². The summed E-state index contributed by atoms with van der Waals surface area (Å²) in [5.41, 5.74) is 3.93. The van der Waals surface area contributed by atoms with E-state index in [-0.39, 0.29) is 6.61 Å². The summed E-state index contributed by atoms with van der Waals surface area (Å²) in [5, 5.41) is 8.70. The van der Waals surface area contributed by atoms with E-state index in [0.29, 0.717) is 0 Å². The molecule has 2 rings (SSSR count). The van der Waals surface area contributed by atoms with E-state index in [0.717, 1.165) is 26.1 Å². The van der Waals surface area contributed by atoms with Crippen molar-refractivity contribution in [2.75, 3.05) is 6.61 Å². The normalized spacial score (nSPS) is 14.5. The molecular formula is C11H14O2. The van der Waals surface area contributed by atoms with Gasteiger partial charge in [-0.15, -0.1) is 0 Å². The molecule has 1 aromatic carbocycles.